The van der Waals surface area contributed by atoms with Gasteiger partial charge in [-0.15, -0.1) is 0 Å². The Kier molecular flexibility index (Phi) is 4.55. The summed E-state index contributed by atoms with van der Waals surface area (Å²) in [4.78, 5) is 13.6. The van der Waals surface area contributed by atoms with E-state index in [0.29, 0.717) is 25.0 Å². The van der Waals surface area contributed by atoms with Crippen LogP contribution >= 0.6 is 0 Å². The second-order valence-electron chi connectivity index (χ2n) is 7.30. The molecule has 1 saturated carbocycles. The fourth-order valence-electron chi connectivity index (χ4n) is 3.02. The molecule has 0 unspecified atom stereocenters. The molecule has 0 spiro atoms. The second-order valence-corrected chi connectivity index (χ2v) is 7.30. The maximum absolute atomic E-state index is 5.17. The van der Waals surface area contributed by atoms with E-state index in [1.54, 1.807) is 0 Å². The van der Waals surface area contributed by atoms with Crippen molar-refractivity contribution in [2.75, 3.05) is 23.9 Å². The van der Waals surface area contributed by atoms with E-state index in [9.17, 15) is 0 Å². The van der Waals surface area contributed by atoms with Crippen LogP contribution in [0.2, 0.25) is 0 Å². The van der Waals surface area contributed by atoms with Gasteiger partial charge in [0.25, 0.3) is 0 Å². The number of anilines is 2. The van der Waals surface area contributed by atoms with E-state index < -0.39 is 0 Å². The van der Waals surface area contributed by atoms with Gasteiger partial charge in [0.2, 0.25) is 5.95 Å². The van der Waals surface area contributed by atoms with E-state index in [1.165, 1.54) is 12.8 Å². The van der Waals surface area contributed by atoms with Crippen LogP contribution in [0.15, 0.2) is 27.2 Å². The second kappa shape index (κ2) is 7.02. The molecule has 8 nitrogen and oxygen atoms in total. The highest BCUT2D eigenvalue weighted by Gasteiger charge is 2.27. The van der Waals surface area contributed by atoms with E-state index in [4.69, 9.17) is 19.0 Å². The highest BCUT2D eigenvalue weighted by molar-refractivity contribution is 5.47. The third-order valence-corrected chi connectivity index (χ3v) is 4.60. The van der Waals surface area contributed by atoms with E-state index in [-0.39, 0.29) is 0 Å². The maximum Gasteiger partial charge on any atom is 0.227 e. The zero-order chi connectivity index (χ0) is 19.0. The van der Waals surface area contributed by atoms with Gasteiger partial charge in [0.05, 0.1) is 18.8 Å². The van der Waals surface area contributed by atoms with E-state index in [1.807, 2.05) is 45.0 Å². The number of nitrogens with zero attached hydrogens (tertiary/aromatic N) is 6. The lowest BCUT2D eigenvalue weighted by Crippen LogP contribution is -2.23. The Hall–Kier alpha value is -2.90. The van der Waals surface area contributed by atoms with Crippen LogP contribution in [0, 0.1) is 13.8 Å². The Morgan fingerprint density at radius 3 is 2.00 bits per heavy atom. The Morgan fingerprint density at radius 2 is 1.48 bits per heavy atom. The molecular weight excluding hydrogens is 344 g/mol. The standard InChI is InChI=1S/C19H24N6O2/c1-12-7-15(22-26-12)10-24(3)18-9-17(14-5-6-14)20-19(21-18)25(4)11-16-8-13(2)27-23-16/h7-9,14H,5-6,10-11H2,1-4H3. The highest BCUT2D eigenvalue weighted by Crippen LogP contribution is 2.40. The quantitative estimate of drug-likeness (QED) is 0.628. The summed E-state index contributed by atoms with van der Waals surface area (Å²) in [6.45, 7) is 5.01. The fourth-order valence-corrected chi connectivity index (χ4v) is 3.02. The average molecular weight is 368 g/mol. The monoisotopic (exact) mass is 368 g/mol. The lowest BCUT2D eigenvalue weighted by atomic mass is 10.2. The molecule has 0 aliphatic heterocycles. The van der Waals surface area contributed by atoms with Crippen LogP contribution < -0.4 is 9.80 Å². The number of aryl methyl sites for hydroxylation is 2. The van der Waals surface area contributed by atoms with Crippen molar-refractivity contribution in [3.8, 4) is 0 Å². The SMILES string of the molecule is Cc1cc(CN(C)c2cc(C3CC3)nc(N(C)Cc3cc(C)on3)n2)no1. The predicted molar refractivity (Wildman–Crippen MR) is 101 cm³/mol. The lowest BCUT2D eigenvalue weighted by molar-refractivity contribution is 0.390. The molecule has 0 atom stereocenters. The molecule has 27 heavy (non-hydrogen) atoms. The highest BCUT2D eigenvalue weighted by atomic mass is 16.5. The first-order valence-electron chi connectivity index (χ1n) is 9.13. The molecule has 1 fully saturated rings. The number of hydrogen-bond donors (Lipinski definition) is 0. The van der Waals surface area contributed by atoms with E-state index in [0.717, 1.165) is 34.4 Å². The topological polar surface area (TPSA) is 84.3 Å². The molecule has 0 aromatic carbocycles. The Morgan fingerprint density at radius 1 is 0.889 bits per heavy atom. The van der Waals surface area contributed by atoms with Gasteiger partial charge in [0.15, 0.2) is 0 Å². The van der Waals surface area contributed by atoms with Crippen LogP contribution in [0.1, 0.15) is 47.4 Å². The van der Waals surface area contributed by atoms with Gasteiger partial charge in [-0.1, -0.05) is 10.3 Å². The van der Waals surface area contributed by atoms with Crippen molar-refractivity contribution in [2.24, 2.45) is 0 Å². The third kappa shape index (κ3) is 4.10. The summed E-state index contributed by atoms with van der Waals surface area (Å²) < 4.78 is 10.3. The zero-order valence-electron chi connectivity index (χ0n) is 16.1. The predicted octanol–water partition coefficient (Wildman–Crippen LogP) is 3.22. The molecule has 0 amide bonds. The van der Waals surface area contributed by atoms with E-state index in [2.05, 4.69) is 21.3 Å². The average Bonchev–Trinajstić information content (AvgIpc) is 3.31. The van der Waals surface area contributed by atoms with Gasteiger partial charge in [-0.2, -0.15) is 4.98 Å². The first-order valence-corrected chi connectivity index (χ1v) is 9.13. The third-order valence-electron chi connectivity index (χ3n) is 4.60. The number of rotatable bonds is 7. The molecule has 8 heteroatoms. The molecule has 0 saturated heterocycles. The Labute approximate surface area is 158 Å². The summed E-state index contributed by atoms with van der Waals surface area (Å²) >= 11 is 0. The van der Waals surface area contributed by atoms with Crippen molar-refractivity contribution in [2.45, 2.75) is 45.7 Å². The largest absolute Gasteiger partial charge is 0.361 e. The van der Waals surface area contributed by atoms with Crippen LogP contribution in [0.4, 0.5) is 11.8 Å². The molecular formula is C19H24N6O2. The smallest absolute Gasteiger partial charge is 0.227 e. The van der Waals surface area contributed by atoms with Gasteiger partial charge < -0.3 is 18.8 Å². The van der Waals surface area contributed by atoms with Gasteiger partial charge in [-0.25, -0.2) is 4.98 Å². The van der Waals surface area contributed by atoms with Gasteiger partial charge in [0.1, 0.15) is 28.7 Å². The molecule has 142 valence electrons. The number of hydrogen-bond acceptors (Lipinski definition) is 8. The Balaban J connectivity index is 1.57. The Bertz CT molecular complexity index is 863. The maximum atomic E-state index is 5.17. The van der Waals surface area contributed by atoms with Crippen molar-refractivity contribution in [3.63, 3.8) is 0 Å². The van der Waals surface area contributed by atoms with Crippen molar-refractivity contribution in [1.82, 2.24) is 20.3 Å². The molecule has 0 bridgehead atoms. The first-order chi connectivity index (χ1) is 13.0. The summed E-state index contributed by atoms with van der Waals surface area (Å²) in [6, 6.07) is 5.96. The summed E-state index contributed by atoms with van der Waals surface area (Å²) in [7, 11) is 3.98. The van der Waals surface area contributed by atoms with Crippen LogP contribution in [0.5, 0.6) is 0 Å². The van der Waals surface area contributed by atoms with Crippen LogP contribution in [0.25, 0.3) is 0 Å². The minimum Gasteiger partial charge on any atom is -0.361 e. The fraction of sp³-hybridized carbons (Fsp3) is 0.474. The van der Waals surface area contributed by atoms with Crippen LogP contribution in [0.3, 0.4) is 0 Å². The van der Waals surface area contributed by atoms with Crippen LogP contribution in [-0.2, 0) is 13.1 Å². The molecule has 3 aromatic heterocycles. The summed E-state index contributed by atoms with van der Waals surface area (Å²) in [5.74, 6) is 3.72. The van der Waals surface area contributed by atoms with Crippen molar-refractivity contribution >= 4 is 11.8 Å². The minimum atomic E-state index is 0.538. The van der Waals surface area contributed by atoms with Gasteiger partial charge >= 0.3 is 0 Å². The molecule has 0 radical (unpaired) electrons. The van der Waals surface area contributed by atoms with E-state index >= 15 is 0 Å². The molecule has 3 heterocycles. The minimum absolute atomic E-state index is 0.538. The summed E-state index contributed by atoms with van der Waals surface area (Å²) in [6.07, 6.45) is 2.38. The normalized spacial score (nSPS) is 13.8. The zero-order valence-corrected chi connectivity index (χ0v) is 16.1. The summed E-state index contributed by atoms with van der Waals surface area (Å²) in [5.41, 5.74) is 2.85. The molecule has 1 aliphatic carbocycles. The van der Waals surface area contributed by atoms with Gasteiger partial charge in [-0.05, 0) is 26.7 Å². The first kappa shape index (κ1) is 17.5. The van der Waals surface area contributed by atoms with Gasteiger partial charge in [0, 0.05) is 38.2 Å². The van der Waals surface area contributed by atoms with Crippen molar-refractivity contribution < 1.29 is 9.05 Å². The van der Waals surface area contributed by atoms with Crippen molar-refractivity contribution in [1.29, 1.82) is 0 Å². The lowest BCUT2D eigenvalue weighted by Gasteiger charge is -2.21. The van der Waals surface area contributed by atoms with Gasteiger partial charge in [-0.3, -0.25) is 0 Å². The molecule has 3 aromatic rings. The molecule has 0 N–H and O–H groups in total. The summed E-state index contributed by atoms with van der Waals surface area (Å²) in [5, 5.41) is 8.14. The molecule has 1 aliphatic rings. The van der Waals surface area contributed by atoms with Crippen LogP contribution in [-0.4, -0.2) is 34.4 Å². The van der Waals surface area contributed by atoms with Crippen molar-refractivity contribution in [3.05, 3.63) is 46.8 Å². The molecule has 4 rings (SSSR count). The number of aromatic nitrogens is 4.